The third kappa shape index (κ3) is 2.88. The second kappa shape index (κ2) is 4.73. The number of hydrogen-bond acceptors (Lipinski definition) is 3. The van der Waals surface area contributed by atoms with E-state index >= 15 is 0 Å². The van der Waals surface area contributed by atoms with Gasteiger partial charge in [-0.2, -0.15) is 5.26 Å². The maximum atomic E-state index is 9.59. The molecule has 0 saturated carbocycles. The van der Waals surface area contributed by atoms with E-state index in [9.17, 15) is 5.11 Å². The standard InChI is InChI=1S/C12H15ClN2O/c1-8(16)12(2,3)15-11-5-4-10(13)6-9(11)7-14/h4-6,8,15-16H,1-3H3. The van der Waals surface area contributed by atoms with Crippen molar-refractivity contribution >= 4 is 17.3 Å². The summed E-state index contributed by atoms with van der Waals surface area (Å²) in [6.45, 7) is 5.44. The number of hydrogen-bond donors (Lipinski definition) is 2. The van der Waals surface area contributed by atoms with E-state index in [1.165, 1.54) is 0 Å². The monoisotopic (exact) mass is 238 g/mol. The van der Waals surface area contributed by atoms with Crippen LogP contribution in [-0.2, 0) is 0 Å². The first-order valence-electron chi connectivity index (χ1n) is 5.02. The van der Waals surface area contributed by atoms with Gasteiger partial charge in [0.2, 0.25) is 0 Å². The second-order valence-electron chi connectivity index (χ2n) is 4.32. The number of aliphatic hydroxyl groups excluding tert-OH is 1. The van der Waals surface area contributed by atoms with Crippen LogP contribution in [0.5, 0.6) is 0 Å². The fourth-order valence-corrected chi connectivity index (χ4v) is 1.34. The number of halogens is 1. The molecule has 1 aromatic rings. The first-order chi connectivity index (χ1) is 7.36. The van der Waals surface area contributed by atoms with Crippen LogP contribution < -0.4 is 5.32 Å². The van der Waals surface area contributed by atoms with E-state index in [0.717, 1.165) is 0 Å². The molecule has 0 aliphatic carbocycles. The third-order valence-electron chi connectivity index (χ3n) is 2.60. The molecule has 0 aromatic heterocycles. The number of nitriles is 1. The fraction of sp³-hybridized carbons (Fsp3) is 0.417. The summed E-state index contributed by atoms with van der Waals surface area (Å²) in [5.74, 6) is 0. The van der Waals surface area contributed by atoms with E-state index in [0.29, 0.717) is 16.3 Å². The summed E-state index contributed by atoms with van der Waals surface area (Å²) in [5.41, 5.74) is 0.651. The number of nitrogens with zero attached hydrogens (tertiary/aromatic N) is 1. The van der Waals surface area contributed by atoms with E-state index < -0.39 is 11.6 Å². The predicted molar refractivity (Wildman–Crippen MR) is 65.5 cm³/mol. The number of rotatable bonds is 3. The molecule has 0 spiro atoms. The number of anilines is 1. The van der Waals surface area contributed by atoms with E-state index in [1.807, 2.05) is 13.8 Å². The minimum absolute atomic E-state index is 0.473. The van der Waals surface area contributed by atoms with Crippen LogP contribution in [0.15, 0.2) is 18.2 Å². The maximum Gasteiger partial charge on any atom is 0.101 e. The molecule has 1 atom stereocenters. The fourth-order valence-electron chi connectivity index (χ4n) is 1.17. The molecule has 0 amide bonds. The minimum atomic E-state index is -0.533. The topological polar surface area (TPSA) is 56.0 Å². The summed E-state index contributed by atoms with van der Waals surface area (Å²) in [5, 5.41) is 22.2. The predicted octanol–water partition coefficient (Wildman–Crippen LogP) is 2.78. The van der Waals surface area contributed by atoms with Gasteiger partial charge in [0.05, 0.1) is 22.9 Å². The Bertz CT molecular complexity index is 422. The van der Waals surface area contributed by atoms with Crippen molar-refractivity contribution in [2.24, 2.45) is 0 Å². The van der Waals surface area contributed by atoms with Crippen molar-refractivity contribution in [1.82, 2.24) is 0 Å². The number of aliphatic hydroxyl groups is 1. The van der Waals surface area contributed by atoms with Crippen LogP contribution in [0.2, 0.25) is 5.02 Å². The van der Waals surface area contributed by atoms with Gasteiger partial charge in [0.1, 0.15) is 6.07 Å². The first-order valence-corrected chi connectivity index (χ1v) is 5.40. The molecule has 0 radical (unpaired) electrons. The zero-order valence-electron chi connectivity index (χ0n) is 9.58. The highest BCUT2D eigenvalue weighted by atomic mass is 35.5. The van der Waals surface area contributed by atoms with Crippen molar-refractivity contribution < 1.29 is 5.11 Å². The lowest BCUT2D eigenvalue weighted by atomic mass is 9.97. The van der Waals surface area contributed by atoms with Gasteiger partial charge in [0.25, 0.3) is 0 Å². The highest BCUT2D eigenvalue weighted by Gasteiger charge is 2.24. The SMILES string of the molecule is CC(O)C(C)(C)Nc1ccc(Cl)cc1C#N. The summed E-state index contributed by atoms with van der Waals surface area (Å²) in [6.07, 6.45) is -0.533. The molecule has 0 aliphatic heterocycles. The normalized spacial score (nSPS) is 13.0. The van der Waals surface area contributed by atoms with E-state index in [-0.39, 0.29) is 0 Å². The van der Waals surface area contributed by atoms with E-state index in [4.69, 9.17) is 16.9 Å². The molecule has 0 fully saturated rings. The Labute approximate surface area is 101 Å². The molecule has 0 aliphatic rings. The molecule has 0 saturated heterocycles. The summed E-state index contributed by atoms with van der Waals surface area (Å²) < 4.78 is 0. The summed E-state index contributed by atoms with van der Waals surface area (Å²) >= 11 is 5.80. The molecule has 3 nitrogen and oxygen atoms in total. The first kappa shape index (κ1) is 12.8. The highest BCUT2D eigenvalue weighted by Crippen LogP contribution is 2.24. The summed E-state index contributed by atoms with van der Waals surface area (Å²) in [6, 6.07) is 7.12. The van der Waals surface area contributed by atoms with E-state index in [1.54, 1.807) is 25.1 Å². The lowest BCUT2D eigenvalue weighted by Gasteiger charge is -2.31. The van der Waals surface area contributed by atoms with Gasteiger partial charge in [0.15, 0.2) is 0 Å². The van der Waals surface area contributed by atoms with Crippen molar-refractivity contribution in [3.63, 3.8) is 0 Å². The second-order valence-corrected chi connectivity index (χ2v) is 4.76. The Hall–Kier alpha value is -1.24. The van der Waals surface area contributed by atoms with Crippen molar-refractivity contribution in [3.8, 4) is 6.07 Å². The smallest absolute Gasteiger partial charge is 0.101 e. The van der Waals surface area contributed by atoms with Crippen LogP contribution in [-0.4, -0.2) is 16.7 Å². The van der Waals surface area contributed by atoms with Crippen LogP contribution in [0.1, 0.15) is 26.3 Å². The quantitative estimate of drug-likeness (QED) is 0.852. The minimum Gasteiger partial charge on any atom is -0.391 e. The molecule has 1 unspecified atom stereocenters. The lowest BCUT2D eigenvalue weighted by molar-refractivity contribution is 0.133. The molecular weight excluding hydrogens is 224 g/mol. The van der Waals surface area contributed by atoms with Gasteiger partial charge in [0, 0.05) is 5.02 Å². The van der Waals surface area contributed by atoms with Gasteiger partial charge in [-0.1, -0.05) is 11.6 Å². The molecule has 86 valence electrons. The van der Waals surface area contributed by atoms with Crippen molar-refractivity contribution in [1.29, 1.82) is 5.26 Å². The molecule has 0 bridgehead atoms. The van der Waals surface area contributed by atoms with Gasteiger partial charge in [-0.15, -0.1) is 0 Å². The average Bonchev–Trinajstić information content (AvgIpc) is 2.20. The number of benzene rings is 1. The van der Waals surface area contributed by atoms with Gasteiger partial charge >= 0.3 is 0 Å². The summed E-state index contributed by atoms with van der Waals surface area (Å²) in [7, 11) is 0. The lowest BCUT2D eigenvalue weighted by Crippen LogP contribution is -2.42. The molecule has 0 heterocycles. The van der Waals surface area contributed by atoms with Crippen molar-refractivity contribution in [2.45, 2.75) is 32.4 Å². The highest BCUT2D eigenvalue weighted by molar-refractivity contribution is 6.30. The van der Waals surface area contributed by atoms with Crippen LogP contribution in [0, 0.1) is 11.3 Å². The van der Waals surface area contributed by atoms with Gasteiger partial charge in [-0.3, -0.25) is 0 Å². The Kier molecular flexibility index (Phi) is 3.79. The van der Waals surface area contributed by atoms with Crippen molar-refractivity contribution in [3.05, 3.63) is 28.8 Å². The third-order valence-corrected chi connectivity index (χ3v) is 2.84. The molecule has 2 N–H and O–H groups in total. The van der Waals surface area contributed by atoms with Crippen LogP contribution in [0.3, 0.4) is 0 Å². The zero-order valence-corrected chi connectivity index (χ0v) is 10.3. The van der Waals surface area contributed by atoms with Crippen molar-refractivity contribution in [2.75, 3.05) is 5.32 Å². The molecule has 16 heavy (non-hydrogen) atoms. The molecule has 1 rings (SSSR count). The van der Waals surface area contributed by atoms with Crippen LogP contribution in [0.25, 0.3) is 0 Å². The maximum absolute atomic E-state index is 9.59. The van der Waals surface area contributed by atoms with E-state index in [2.05, 4.69) is 11.4 Å². The van der Waals surface area contributed by atoms with Gasteiger partial charge in [-0.25, -0.2) is 0 Å². The largest absolute Gasteiger partial charge is 0.391 e. The molecular formula is C12H15ClN2O. The van der Waals surface area contributed by atoms with Crippen LogP contribution in [0.4, 0.5) is 5.69 Å². The van der Waals surface area contributed by atoms with Gasteiger partial charge in [-0.05, 0) is 39.0 Å². The van der Waals surface area contributed by atoms with Gasteiger partial charge < -0.3 is 10.4 Å². The Morgan fingerprint density at radius 1 is 1.50 bits per heavy atom. The summed E-state index contributed by atoms with van der Waals surface area (Å²) in [4.78, 5) is 0. The Morgan fingerprint density at radius 2 is 2.12 bits per heavy atom. The Morgan fingerprint density at radius 3 is 2.62 bits per heavy atom. The molecule has 1 aromatic carbocycles. The van der Waals surface area contributed by atoms with Crippen LogP contribution >= 0.6 is 11.6 Å². The Balaban J connectivity index is 3.03. The molecule has 4 heteroatoms. The zero-order chi connectivity index (χ0) is 12.3. The number of nitrogens with one attached hydrogen (secondary N) is 1. The average molecular weight is 239 g/mol.